The summed E-state index contributed by atoms with van der Waals surface area (Å²) >= 11 is 0. The Bertz CT molecular complexity index is 509. The molecule has 1 aromatic heterocycles. The number of hydrogen-bond donors (Lipinski definition) is 2. The van der Waals surface area contributed by atoms with Crippen LogP contribution in [0.25, 0.3) is 0 Å². The van der Waals surface area contributed by atoms with Gasteiger partial charge in [-0.2, -0.15) is 18.2 Å². The van der Waals surface area contributed by atoms with Crippen LogP contribution in [0.3, 0.4) is 0 Å². The highest BCUT2D eigenvalue weighted by Crippen LogP contribution is 2.68. The zero-order valence-electron chi connectivity index (χ0n) is 12.0. The van der Waals surface area contributed by atoms with Crippen molar-refractivity contribution in [1.29, 1.82) is 0 Å². The highest BCUT2D eigenvalue weighted by molar-refractivity contribution is 5.42. The van der Waals surface area contributed by atoms with E-state index in [-0.39, 0.29) is 22.6 Å². The van der Waals surface area contributed by atoms with Crippen LogP contribution in [-0.2, 0) is 6.18 Å². The van der Waals surface area contributed by atoms with E-state index < -0.39 is 11.9 Å². The summed E-state index contributed by atoms with van der Waals surface area (Å²) in [6.07, 6.45) is -4.52. The molecule has 3 N–H and O–H groups in total. The van der Waals surface area contributed by atoms with E-state index in [0.717, 1.165) is 6.07 Å². The molecule has 7 heteroatoms. The summed E-state index contributed by atoms with van der Waals surface area (Å²) in [5, 5.41) is 2.94. The number of alkyl halides is 3. The van der Waals surface area contributed by atoms with E-state index in [1.54, 1.807) is 0 Å². The van der Waals surface area contributed by atoms with Crippen molar-refractivity contribution in [2.45, 2.75) is 33.9 Å². The first-order valence-corrected chi connectivity index (χ1v) is 6.42. The Morgan fingerprint density at radius 1 is 1.20 bits per heavy atom. The lowest BCUT2D eigenvalue weighted by Gasteiger charge is -2.11. The van der Waals surface area contributed by atoms with Gasteiger partial charge in [-0.25, -0.2) is 4.98 Å². The average molecular weight is 288 g/mol. The molecule has 1 saturated carbocycles. The Kier molecular flexibility index (Phi) is 3.15. The van der Waals surface area contributed by atoms with Crippen molar-refractivity contribution in [2.75, 3.05) is 17.6 Å². The number of rotatable bonds is 3. The van der Waals surface area contributed by atoms with Crippen LogP contribution in [0.2, 0.25) is 0 Å². The number of hydrogen-bond acceptors (Lipinski definition) is 4. The van der Waals surface area contributed by atoms with Crippen molar-refractivity contribution in [1.82, 2.24) is 9.97 Å². The zero-order chi connectivity index (χ0) is 15.3. The van der Waals surface area contributed by atoms with Crippen LogP contribution in [0.4, 0.5) is 24.9 Å². The summed E-state index contributed by atoms with van der Waals surface area (Å²) in [6.45, 7) is 9.15. The van der Waals surface area contributed by atoms with E-state index in [1.807, 2.05) is 0 Å². The molecule has 1 aromatic rings. The molecular weight excluding hydrogens is 269 g/mol. The van der Waals surface area contributed by atoms with E-state index in [2.05, 4.69) is 43.0 Å². The number of anilines is 2. The first-order valence-electron chi connectivity index (χ1n) is 6.42. The van der Waals surface area contributed by atoms with Crippen molar-refractivity contribution >= 4 is 11.8 Å². The first-order chi connectivity index (χ1) is 8.96. The standard InChI is InChI=1S/C13H19F3N4/c1-11(2)7(12(11,3)4)6-18-9-5-8(13(14,15)16)19-10(17)20-9/h5,7H,6H2,1-4H3,(H3,17,18,19,20). The van der Waals surface area contributed by atoms with Crippen molar-refractivity contribution in [3.63, 3.8) is 0 Å². The van der Waals surface area contributed by atoms with Gasteiger partial charge in [0.2, 0.25) is 5.95 Å². The highest BCUT2D eigenvalue weighted by atomic mass is 19.4. The fourth-order valence-corrected chi connectivity index (χ4v) is 2.75. The fourth-order valence-electron chi connectivity index (χ4n) is 2.75. The van der Waals surface area contributed by atoms with Gasteiger partial charge in [0.25, 0.3) is 0 Å². The molecule has 1 fully saturated rings. The van der Waals surface area contributed by atoms with Gasteiger partial charge in [-0.3, -0.25) is 0 Å². The second kappa shape index (κ2) is 4.23. The molecule has 0 aromatic carbocycles. The molecule has 1 aliphatic carbocycles. The minimum atomic E-state index is -4.52. The second-order valence-electron chi connectivity index (χ2n) is 6.37. The summed E-state index contributed by atoms with van der Waals surface area (Å²) in [4.78, 5) is 7.00. The number of aromatic nitrogens is 2. The summed E-state index contributed by atoms with van der Waals surface area (Å²) in [5.74, 6) is 0.112. The van der Waals surface area contributed by atoms with Gasteiger partial charge in [0, 0.05) is 12.6 Å². The summed E-state index contributed by atoms with van der Waals surface area (Å²) in [7, 11) is 0. The van der Waals surface area contributed by atoms with Crippen LogP contribution in [0.1, 0.15) is 33.4 Å². The van der Waals surface area contributed by atoms with E-state index >= 15 is 0 Å². The predicted molar refractivity (Wildman–Crippen MR) is 71.0 cm³/mol. The maximum atomic E-state index is 12.6. The quantitative estimate of drug-likeness (QED) is 0.896. The van der Waals surface area contributed by atoms with Crippen LogP contribution in [0.5, 0.6) is 0 Å². The third-order valence-electron chi connectivity index (χ3n) is 4.84. The van der Waals surface area contributed by atoms with Crippen molar-refractivity contribution in [3.05, 3.63) is 11.8 Å². The fraction of sp³-hybridized carbons (Fsp3) is 0.692. The Hall–Kier alpha value is -1.53. The molecular formula is C13H19F3N4. The van der Waals surface area contributed by atoms with Crippen LogP contribution in [0, 0.1) is 16.7 Å². The molecule has 112 valence electrons. The van der Waals surface area contributed by atoms with Gasteiger partial charge in [0.1, 0.15) is 5.82 Å². The van der Waals surface area contributed by atoms with Crippen LogP contribution < -0.4 is 11.1 Å². The molecule has 1 heterocycles. The van der Waals surface area contributed by atoms with Gasteiger partial charge in [-0.05, 0) is 16.7 Å². The molecule has 1 aliphatic rings. The SMILES string of the molecule is CC1(C)C(CNc2cc(C(F)(F)F)nc(N)n2)C1(C)C. The maximum Gasteiger partial charge on any atom is 0.433 e. The number of nitrogens with one attached hydrogen (secondary N) is 1. The minimum absolute atomic E-state index is 0.114. The number of nitrogens with zero attached hydrogens (tertiary/aromatic N) is 2. The predicted octanol–water partition coefficient (Wildman–Crippen LogP) is 3.17. The van der Waals surface area contributed by atoms with E-state index in [1.165, 1.54) is 0 Å². The summed E-state index contributed by atoms with van der Waals surface area (Å²) in [5.41, 5.74) is 4.61. The lowest BCUT2D eigenvalue weighted by atomic mass is 10.0. The molecule has 0 unspecified atom stereocenters. The molecule has 0 bridgehead atoms. The number of nitrogen functional groups attached to an aromatic ring is 1. The highest BCUT2D eigenvalue weighted by Gasteiger charge is 2.64. The van der Waals surface area contributed by atoms with Crippen LogP contribution in [-0.4, -0.2) is 16.5 Å². The van der Waals surface area contributed by atoms with E-state index in [9.17, 15) is 13.2 Å². The first kappa shape index (κ1) is 14.9. The Morgan fingerprint density at radius 2 is 1.75 bits per heavy atom. The molecule has 4 nitrogen and oxygen atoms in total. The second-order valence-corrected chi connectivity index (χ2v) is 6.37. The molecule has 0 spiro atoms. The van der Waals surface area contributed by atoms with Gasteiger partial charge < -0.3 is 11.1 Å². The van der Waals surface area contributed by atoms with E-state index in [4.69, 9.17) is 5.73 Å². The van der Waals surface area contributed by atoms with Crippen molar-refractivity contribution < 1.29 is 13.2 Å². The van der Waals surface area contributed by atoms with Gasteiger partial charge in [-0.1, -0.05) is 27.7 Å². The summed E-state index contributed by atoms with van der Waals surface area (Å²) < 4.78 is 37.9. The topological polar surface area (TPSA) is 63.8 Å². The molecule has 20 heavy (non-hydrogen) atoms. The number of nitrogens with two attached hydrogens (primary N) is 1. The summed E-state index contributed by atoms with van der Waals surface area (Å²) in [6, 6.07) is 0.888. The van der Waals surface area contributed by atoms with Crippen LogP contribution >= 0.6 is 0 Å². The molecule has 2 rings (SSSR count). The lowest BCUT2D eigenvalue weighted by Crippen LogP contribution is -2.15. The molecule has 0 amide bonds. The normalized spacial score (nSPS) is 20.8. The third-order valence-corrected chi connectivity index (χ3v) is 4.84. The Morgan fingerprint density at radius 3 is 2.20 bits per heavy atom. The third kappa shape index (κ3) is 2.41. The van der Waals surface area contributed by atoms with Crippen LogP contribution in [0.15, 0.2) is 6.07 Å². The van der Waals surface area contributed by atoms with Gasteiger partial charge in [0.15, 0.2) is 5.69 Å². The smallest absolute Gasteiger partial charge is 0.370 e. The molecule has 0 saturated heterocycles. The molecule has 0 aliphatic heterocycles. The van der Waals surface area contributed by atoms with Gasteiger partial charge in [-0.15, -0.1) is 0 Å². The monoisotopic (exact) mass is 288 g/mol. The molecule has 0 atom stereocenters. The zero-order valence-corrected chi connectivity index (χ0v) is 12.0. The lowest BCUT2D eigenvalue weighted by molar-refractivity contribution is -0.141. The number of halogens is 3. The van der Waals surface area contributed by atoms with Gasteiger partial charge >= 0.3 is 6.18 Å². The Balaban J connectivity index is 2.10. The van der Waals surface area contributed by atoms with Crippen molar-refractivity contribution in [3.8, 4) is 0 Å². The van der Waals surface area contributed by atoms with Crippen molar-refractivity contribution in [2.24, 2.45) is 16.7 Å². The van der Waals surface area contributed by atoms with E-state index in [0.29, 0.717) is 12.5 Å². The minimum Gasteiger partial charge on any atom is -0.370 e. The largest absolute Gasteiger partial charge is 0.433 e. The van der Waals surface area contributed by atoms with Gasteiger partial charge in [0.05, 0.1) is 0 Å². The average Bonchev–Trinajstić information content (AvgIpc) is 2.65. The Labute approximate surface area is 116 Å². The molecule has 0 radical (unpaired) electrons. The maximum absolute atomic E-state index is 12.6.